The van der Waals surface area contributed by atoms with Crippen LogP contribution in [0.4, 0.5) is 4.39 Å². The van der Waals surface area contributed by atoms with Gasteiger partial charge in [0, 0.05) is 0 Å². The van der Waals surface area contributed by atoms with Crippen molar-refractivity contribution in [3.8, 4) is 11.5 Å². The van der Waals surface area contributed by atoms with Crippen molar-refractivity contribution in [3.63, 3.8) is 0 Å². The molecule has 0 saturated carbocycles. The molecule has 1 heterocycles. The Labute approximate surface area is 122 Å². The Morgan fingerprint density at radius 3 is 2.40 bits per heavy atom. The van der Waals surface area contributed by atoms with Gasteiger partial charge in [0.25, 0.3) is 0 Å². The fourth-order valence-corrected chi connectivity index (χ4v) is 2.51. The predicted molar refractivity (Wildman–Crippen MR) is 76.3 cm³/mol. The van der Waals surface area contributed by atoms with Crippen LogP contribution in [0.3, 0.4) is 0 Å². The van der Waals surface area contributed by atoms with Crippen LogP contribution in [0, 0.1) is 12.7 Å². The molecule has 2 aromatic rings. The molecule has 3 rings (SSSR count). The fraction of sp³-hybridized carbons (Fsp3) is 0.250. The van der Waals surface area contributed by atoms with Crippen molar-refractivity contribution < 1.29 is 13.9 Å². The van der Waals surface area contributed by atoms with E-state index >= 15 is 0 Å². The second kappa shape index (κ2) is 5.33. The number of hydrogen-bond acceptors (Lipinski definition) is 2. The standard InChI is InChI=1S/C16H14ClFO2/c1-10-8-11(2-4-13(10)18)16(17)12-3-5-14-15(9-12)20-7-6-19-14/h2-5,8-9,16H,6-7H2,1H3. The summed E-state index contributed by atoms with van der Waals surface area (Å²) in [5, 5.41) is -0.342. The van der Waals surface area contributed by atoms with Gasteiger partial charge in [-0.05, 0) is 41.8 Å². The van der Waals surface area contributed by atoms with E-state index in [2.05, 4.69) is 0 Å². The van der Waals surface area contributed by atoms with E-state index in [1.54, 1.807) is 19.1 Å². The lowest BCUT2D eigenvalue weighted by molar-refractivity contribution is 0.171. The van der Waals surface area contributed by atoms with E-state index < -0.39 is 0 Å². The van der Waals surface area contributed by atoms with E-state index in [-0.39, 0.29) is 11.2 Å². The summed E-state index contributed by atoms with van der Waals surface area (Å²) in [6, 6.07) is 10.6. The third-order valence-electron chi connectivity index (χ3n) is 3.33. The highest BCUT2D eigenvalue weighted by Crippen LogP contribution is 2.37. The summed E-state index contributed by atoms with van der Waals surface area (Å²) in [6.07, 6.45) is 0. The van der Waals surface area contributed by atoms with E-state index in [9.17, 15) is 4.39 Å². The van der Waals surface area contributed by atoms with E-state index in [1.807, 2.05) is 18.2 Å². The molecule has 0 radical (unpaired) electrons. The zero-order valence-electron chi connectivity index (χ0n) is 11.0. The van der Waals surface area contributed by atoms with Gasteiger partial charge in [-0.15, -0.1) is 11.6 Å². The van der Waals surface area contributed by atoms with Crippen molar-refractivity contribution in [1.29, 1.82) is 0 Å². The van der Waals surface area contributed by atoms with Gasteiger partial charge in [0.05, 0.1) is 5.38 Å². The van der Waals surface area contributed by atoms with Crippen molar-refractivity contribution in [3.05, 3.63) is 58.9 Å². The Morgan fingerprint density at radius 2 is 1.65 bits per heavy atom. The second-order valence-electron chi connectivity index (χ2n) is 4.77. The maximum atomic E-state index is 13.3. The van der Waals surface area contributed by atoms with Crippen molar-refractivity contribution >= 4 is 11.6 Å². The van der Waals surface area contributed by atoms with Gasteiger partial charge in [0.1, 0.15) is 19.0 Å². The van der Waals surface area contributed by atoms with Crippen LogP contribution in [-0.4, -0.2) is 13.2 Å². The molecular formula is C16H14ClFO2. The minimum atomic E-state index is -0.342. The van der Waals surface area contributed by atoms with Gasteiger partial charge < -0.3 is 9.47 Å². The number of benzene rings is 2. The first-order valence-electron chi connectivity index (χ1n) is 6.45. The van der Waals surface area contributed by atoms with E-state index in [0.717, 1.165) is 16.9 Å². The average Bonchev–Trinajstić information content (AvgIpc) is 2.49. The lowest BCUT2D eigenvalue weighted by atomic mass is 10.0. The molecule has 0 spiro atoms. The van der Waals surface area contributed by atoms with Crippen LogP contribution in [0.15, 0.2) is 36.4 Å². The topological polar surface area (TPSA) is 18.5 Å². The first-order chi connectivity index (χ1) is 9.65. The molecule has 1 aliphatic rings. The first-order valence-corrected chi connectivity index (χ1v) is 6.88. The molecule has 20 heavy (non-hydrogen) atoms. The highest BCUT2D eigenvalue weighted by atomic mass is 35.5. The predicted octanol–water partition coefficient (Wildman–Crippen LogP) is 4.23. The molecule has 1 aliphatic heterocycles. The smallest absolute Gasteiger partial charge is 0.161 e. The summed E-state index contributed by atoms with van der Waals surface area (Å²) in [7, 11) is 0. The number of halogens is 2. The summed E-state index contributed by atoms with van der Waals surface area (Å²) < 4.78 is 24.3. The van der Waals surface area contributed by atoms with Crippen LogP contribution in [0.5, 0.6) is 11.5 Å². The zero-order chi connectivity index (χ0) is 14.1. The molecule has 0 fully saturated rings. The van der Waals surface area contributed by atoms with Crippen LogP contribution in [0.1, 0.15) is 22.1 Å². The van der Waals surface area contributed by atoms with E-state index in [0.29, 0.717) is 24.5 Å². The normalized spacial score (nSPS) is 14.9. The Balaban J connectivity index is 1.93. The highest BCUT2D eigenvalue weighted by molar-refractivity contribution is 6.22. The molecule has 0 N–H and O–H groups in total. The van der Waals surface area contributed by atoms with Crippen LogP contribution in [-0.2, 0) is 0 Å². The molecule has 0 bridgehead atoms. The number of fused-ring (bicyclic) bond motifs is 1. The third-order valence-corrected chi connectivity index (χ3v) is 3.84. The van der Waals surface area contributed by atoms with Gasteiger partial charge in [0.15, 0.2) is 11.5 Å². The fourth-order valence-electron chi connectivity index (χ4n) is 2.24. The minimum absolute atomic E-state index is 0.222. The highest BCUT2D eigenvalue weighted by Gasteiger charge is 2.17. The second-order valence-corrected chi connectivity index (χ2v) is 5.21. The lowest BCUT2D eigenvalue weighted by Crippen LogP contribution is -2.15. The van der Waals surface area contributed by atoms with Gasteiger partial charge in [-0.25, -0.2) is 4.39 Å². The molecule has 104 valence electrons. The summed E-state index contributed by atoms with van der Waals surface area (Å²) in [5.74, 6) is 1.22. The molecular weight excluding hydrogens is 279 g/mol. The van der Waals surface area contributed by atoms with Gasteiger partial charge in [-0.2, -0.15) is 0 Å². The number of rotatable bonds is 2. The lowest BCUT2D eigenvalue weighted by Gasteiger charge is -2.20. The molecule has 0 saturated heterocycles. The average molecular weight is 293 g/mol. The van der Waals surface area contributed by atoms with Gasteiger partial charge in [0.2, 0.25) is 0 Å². The number of ether oxygens (including phenoxy) is 2. The van der Waals surface area contributed by atoms with Crippen LogP contribution < -0.4 is 9.47 Å². The molecule has 1 atom stereocenters. The molecule has 2 nitrogen and oxygen atoms in total. The van der Waals surface area contributed by atoms with Crippen molar-refractivity contribution in [2.75, 3.05) is 13.2 Å². The van der Waals surface area contributed by atoms with Crippen LogP contribution in [0.25, 0.3) is 0 Å². The van der Waals surface area contributed by atoms with Gasteiger partial charge in [-0.1, -0.05) is 18.2 Å². The summed E-state index contributed by atoms with van der Waals surface area (Å²) in [6.45, 7) is 2.83. The molecule has 2 aromatic carbocycles. The largest absolute Gasteiger partial charge is 0.486 e. The van der Waals surface area contributed by atoms with E-state index in [1.165, 1.54) is 6.07 Å². The van der Waals surface area contributed by atoms with Crippen molar-refractivity contribution in [1.82, 2.24) is 0 Å². The van der Waals surface area contributed by atoms with E-state index in [4.69, 9.17) is 21.1 Å². The number of aryl methyl sites for hydroxylation is 1. The minimum Gasteiger partial charge on any atom is -0.486 e. The molecule has 4 heteroatoms. The molecule has 0 amide bonds. The number of alkyl halides is 1. The Kier molecular flexibility index (Phi) is 3.53. The molecule has 1 unspecified atom stereocenters. The third kappa shape index (κ3) is 2.46. The van der Waals surface area contributed by atoms with Crippen LogP contribution >= 0.6 is 11.6 Å². The quantitative estimate of drug-likeness (QED) is 0.771. The SMILES string of the molecule is Cc1cc(C(Cl)c2ccc3c(c2)OCCO3)ccc1F. The van der Waals surface area contributed by atoms with Crippen molar-refractivity contribution in [2.24, 2.45) is 0 Å². The maximum absolute atomic E-state index is 13.3. The Morgan fingerprint density at radius 1 is 1.00 bits per heavy atom. The monoisotopic (exact) mass is 292 g/mol. The summed E-state index contributed by atoms with van der Waals surface area (Å²) >= 11 is 6.48. The molecule has 0 aliphatic carbocycles. The van der Waals surface area contributed by atoms with Crippen LogP contribution in [0.2, 0.25) is 0 Å². The summed E-state index contributed by atoms with van der Waals surface area (Å²) in [4.78, 5) is 0. The summed E-state index contributed by atoms with van der Waals surface area (Å²) in [5.41, 5.74) is 2.36. The number of hydrogen-bond donors (Lipinski definition) is 0. The van der Waals surface area contributed by atoms with Gasteiger partial charge in [-0.3, -0.25) is 0 Å². The Bertz CT molecular complexity index is 642. The van der Waals surface area contributed by atoms with Gasteiger partial charge >= 0.3 is 0 Å². The van der Waals surface area contributed by atoms with Crippen molar-refractivity contribution in [2.45, 2.75) is 12.3 Å². The first kappa shape index (κ1) is 13.3. The maximum Gasteiger partial charge on any atom is 0.161 e. The molecule has 0 aromatic heterocycles. The zero-order valence-corrected chi connectivity index (χ0v) is 11.8. The Hall–Kier alpha value is -1.74.